The highest BCUT2D eigenvalue weighted by atomic mass is 15.3. The van der Waals surface area contributed by atoms with E-state index in [-0.39, 0.29) is 0 Å². The highest BCUT2D eigenvalue weighted by Crippen LogP contribution is 2.26. The maximum absolute atomic E-state index is 2.56. The quantitative estimate of drug-likeness (QED) is 0.0577. The second kappa shape index (κ2) is 29.5. The molecule has 0 amide bonds. The minimum absolute atomic E-state index is 0.837. The third kappa shape index (κ3) is 27.9. The summed E-state index contributed by atoms with van der Waals surface area (Å²) in [5, 5.41) is 0. The van der Waals surface area contributed by atoms with E-state index in [9.17, 15) is 0 Å². The Morgan fingerprint density at radius 3 is 0.821 bits per heavy atom. The average Bonchev–Trinajstić information content (AvgIpc) is 2.90. The Morgan fingerprint density at radius 2 is 0.564 bits per heavy atom. The highest BCUT2D eigenvalue weighted by molar-refractivity contribution is 4.68. The number of unbranched alkanes of at least 4 members (excludes halogenated alkanes) is 26. The number of quaternary nitrogens is 1. The molecule has 236 valence electrons. The Morgan fingerprint density at radius 1 is 0.333 bits per heavy atom. The van der Waals surface area contributed by atoms with Crippen molar-refractivity contribution in [2.24, 2.45) is 5.92 Å². The van der Waals surface area contributed by atoms with E-state index in [1.807, 2.05) is 0 Å². The summed E-state index contributed by atoms with van der Waals surface area (Å²) in [5.74, 6) is 0.865. The van der Waals surface area contributed by atoms with Gasteiger partial charge in [0, 0.05) is 5.92 Å². The number of hydrogen-bond acceptors (Lipinski definition) is 0. The van der Waals surface area contributed by atoms with Crippen molar-refractivity contribution in [3.05, 3.63) is 0 Å². The summed E-state index contributed by atoms with van der Waals surface area (Å²) < 4.78 is 1.15. The van der Waals surface area contributed by atoms with Crippen LogP contribution in [-0.4, -0.2) is 31.7 Å². The fourth-order valence-corrected chi connectivity index (χ4v) is 6.84. The average molecular weight is 551 g/mol. The zero-order valence-electron chi connectivity index (χ0n) is 28.8. The van der Waals surface area contributed by atoms with E-state index in [0.717, 1.165) is 16.4 Å². The zero-order chi connectivity index (χ0) is 28.9. The fourth-order valence-electron chi connectivity index (χ4n) is 6.84. The molecule has 0 rings (SSSR count). The third-order valence-corrected chi connectivity index (χ3v) is 9.52. The molecular weight excluding hydrogens is 470 g/mol. The minimum atomic E-state index is 0.837. The van der Waals surface area contributed by atoms with Crippen molar-refractivity contribution in [3.63, 3.8) is 0 Å². The first-order valence-corrected chi connectivity index (χ1v) is 18.7. The Bertz CT molecular complexity index is 450. The molecule has 0 saturated heterocycles. The summed E-state index contributed by atoms with van der Waals surface area (Å²) in [6, 6.07) is 0.837. The Hall–Kier alpha value is -0.0400. The lowest BCUT2D eigenvalue weighted by Gasteiger charge is -2.38. The van der Waals surface area contributed by atoms with Gasteiger partial charge in [-0.1, -0.05) is 194 Å². The summed E-state index contributed by atoms with van der Waals surface area (Å²) in [6.07, 6.45) is 43.8. The molecule has 1 nitrogen and oxygen atoms in total. The lowest BCUT2D eigenvalue weighted by atomic mass is 9.89. The molecule has 2 atom stereocenters. The molecule has 0 aliphatic heterocycles. The van der Waals surface area contributed by atoms with Crippen molar-refractivity contribution in [1.29, 1.82) is 0 Å². The zero-order valence-corrected chi connectivity index (χ0v) is 28.8. The van der Waals surface area contributed by atoms with Crippen LogP contribution < -0.4 is 0 Å². The van der Waals surface area contributed by atoms with E-state index in [2.05, 4.69) is 41.9 Å². The molecule has 39 heavy (non-hydrogen) atoms. The molecule has 0 radical (unpaired) electrons. The van der Waals surface area contributed by atoms with Crippen LogP contribution in [0.5, 0.6) is 0 Å². The molecule has 0 bridgehead atoms. The van der Waals surface area contributed by atoms with Crippen molar-refractivity contribution in [2.45, 2.75) is 219 Å². The van der Waals surface area contributed by atoms with Gasteiger partial charge in [-0.2, -0.15) is 0 Å². The maximum Gasteiger partial charge on any atom is 0.0909 e. The van der Waals surface area contributed by atoms with Crippen LogP contribution in [0.4, 0.5) is 0 Å². The minimum Gasteiger partial charge on any atom is -0.328 e. The van der Waals surface area contributed by atoms with Gasteiger partial charge >= 0.3 is 0 Å². The molecule has 0 aromatic carbocycles. The van der Waals surface area contributed by atoms with Crippen molar-refractivity contribution in [3.8, 4) is 0 Å². The van der Waals surface area contributed by atoms with E-state index in [4.69, 9.17) is 0 Å². The molecule has 0 aliphatic carbocycles. The van der Waals surface area contributed by atoms with Crippen LogP contribution in [0.1, 0.15) is 213 Å². The number of rotatable bonds is 32. The van der Waals surface area contributed by atoms with Crippen LogP contribution in [-0.2, 0) is 0 Å². The van der Waals surface area contributed by atoms with E-state index in [1.165, 1.54) is 193 Å². The van der Waals surface area contributed by atoms with Crippen molar-refractivity contribution in [1.82, 2.24) is 0 Å². The molecule has 0 spiro atoms. The van der Waals surface area contributed by atoms with Crippen LogP contribution >= 0.6 is 0 Å². The van der Waals surface area contributed by atoms with E-state index >= 15 is 0 Å². The van der Waals surface area contributed by atoms with Crippen LogP contribution in [0, 0.1) is 5.92 Å². The van der Waals surface area contributed by atoms with Gasteiger partial charge in [0.15, 0.2) is 0 Å². The van der Waals surface area contributed by atoms with Crippen molar-refractivity contribution >= 4 is 0 Å². The first kappa shape index (κ1) is 39.0. The Labute approximate surface area is 250 Å². The van der Waals surface area contributed by atoms with Gasteiger partial charge in [-0.3, -0.25) is 0 Å². The van der Waals surface area contributed by atoms with Gasteiger partial charge in [-0.05, 0) is 19.3 Å². The largest absolute Gasteiger partial charge is 0.328 e. The topological polar surface area (TPSA) is 0 Å². The molecule has 0 aliphatic rings. The van der Waals surface area contributed by atoms with Crippen LogP contribution in [0.3, 0.4) is 0 Å². The summed E-state index contributed by atoms with van der Waals surface area (Å²) in [5.41, 5.74) is 0. The van der Waals surface area contributed by atoms with E-state index < -0.39 is 0 Å². The molecule has 1 heteroatoms. The SMILES string of the molecule is CCCCCCCCCCCCCCCCC(C)C(CCCCCCCCCCCCCCCC)[N+](C)(C)C. The summed E-state index contributed by atoms with van der Waals surface area (Å²) >= 11 is 0. The van der Waals surface area contributed by atoms with Gasteiger partial charge in [-0.15, -0.1) is 0 Å². The third-order valence-electron chi connectivity index (χ3n) is 9.52. The van der Waals surface area contributed by atoms with Crippen LogP contribution in [0.2, 0.25) is 0 Å². The molecule has 0 heterocycles. The van der Waals surface area contributed by atoms with Gasteiger partial charge in [-0.25, -0.2) is 0 Å². The number of nitrogens with zero attached hydrogens (tertiary/aromatic N) is 1. The normalized spacial score (nSPS) is 13.7. The van der Waals surface area contributed by atoms with Gasteiger partial charge < -0.3 is 4.48 Å². The molecule has 0 N–H and O–H groups in total. The molecule has 2 unspecified atom stereocenters. The fraction of sp³-hybridized carbons (Fsp3) is 1.00. The monoisotopic (exact) mass is 551 g/mol. The van der Waals surface area contributed by atoms with Crippen LogP contribution in [0.15, 0.2) is 0 Å². The van der Waals surface area contributed by atoms with Gasteiger partial charge in [0.05, 0.1) is 27.2 Å². The molecule has 0 saturated carbocycles. The lowest BCUT2D eigenvalue weighted by molar-refractivity contribution is -0.900. The van der Waals surface area contributed by atoms with E-state index in [0.29, 0.717) is 0 Å². The van der Waals surface area contributed by atoms with Gasteiger partial charge in [0.2, 0.25) is 0 Å². The summed E-state index contributed by atoms with van der Waals surface area (Å²) in [6.45, 7) is 7.18. The lowest BCUT2D eigenvalue weighted by Crippen LogP contribution is -2.48. The second-order valence-corrected chi connectivity index (χ2v) is 14.4. The standard InChI is InChI=1S/C38H80N/c1-7-9-11-13-15-17-19-21-23-25-27-29-31-33-35-37(3)38(39(4,5)6)36-34-32-30-28-26-24-22-20-18-16-14-12-10-8-2/h37-38H,7-36H2,1-6H3/q+1. The second-order valence-electron chi connectivity index (χ2n) is 14.4. The van der Waals surface area contributed by atoms with Gasteiger partial charge in [0.1, 0.15) is 0 Å². The predicted octanol–water partition coefficient (Wildman–Crippen LogP) is 13.4. The maximum atomic E-state index is 2.56. The first-order valence-electron chi connectivity index (χ1n) is 18.7. The van der Waals surface area contributed by atoms with Crippen molar-refractivity contribution < 1.29 is 4.48 Å². The van der Waals surface area contributed by atoms with Crippen LogP contribution in [0.25, 0.3) is 0 Å². The molecule has 0 fully saturated rings. The Balaban J connectivity index is 3.66. The van der Waals surface area contributed by atoms with Gasteiger partial charge in [0.25, 0.3) is 0 Å². The summed E-state index contributed by atoms with van der Waals surface area (Å²) in [4.78, 5) is 0. The van der Waals surface area contributed by atoms with Crippen molar-refractivity contribution in [2.75, 3.05) is 21.1 Å². The summed E-state index contributed by atoms with van der Waals surface area (Å²) in [7, 11) is 7.32. The molecule has 0 aromatic heterocycles. The van der Waals surface area contributed by atoms with E-state index in [1.54, 1.807) is 0 Å². The smallest absolute Gasteiger partial charge is 0.0909 e. The molecule has 0 aromatic rings. The highest BCUT2D eigenvalue weighted by Gasteiger charge is 2.28. The number of hydrogen-bond donors (Lipinski definition) is 0. The Kier molecular flexibility index (Phi) is 29.4. The predicted molar refractivity (Wildman–Crippen MR) is 181 cm³/mol. The first-order chi connectivity index (χ1) is 18.9. The molecular formula is C38H80N+.